The molecule has 124 valence electrons. The molecule has 0 aliphatic carbocycles. The number of fused-ring (bicyclic) bond motifs is 1. The standard InChI is InChI=1S/C20H23N3O/c1-16(24)22(14-13-21(2)3)23-15-19(17-9-5-4-6-10-17)18-11-7-8-12-20(18)23/h4-12,15H,13-14H2,1-3H3. The first kappa shape index (κ1) is 16.3. The molecule has 0 saturated carbocycles. The lowest BCUT2D eigenvalue weighted by Gasteiger charge is -2.25. The Morgan fingerprint density at radius 1 is 0.958 bits per heavy atom. The minimum atomic E-state index is 0.0391. The fraction of sp³-hybridized carbons (Fsp3) is 0.250. The van der Waals surface area contributed by atoms with Gasteiger partial charge in [0.25, 0.3) is 0 Å². The van der Waals surface area contributed by atoms with E-state index in [1.54, 1.807) is 11.9 Å². The van der Waals surface area contributed by atoms with Gasteiger partial charge in [0.2, 0.25) is 5.91 Å². The number of carbonyl (C=O) groups excluding carboxylic acids is 1. The number of benzene rings is 2. The van der Waals surface area contributed by atoms with Gasteiger partial charge < -0.3 is 4.90 Å². The van der Waals surface area contributed by atoms with Gasteiger partial charge in [-0.15, -0.1) is 0 Å². The second-order valence-corrected chi connectivity index (χ2v) is 6.22. The van der Waals surface area contributed by atoms with E-state index in [-0.39, 0.29) is 5.91 Å². The molecule has 0 atom stereocenters. The number of para-hydroxylation sites is 1. The topological polar surface area (TPSA) is 28.5 Å². The normalized spacial score (nSPS) is 11.2. The maximum Gasteiger partial charge on any atom is 0.238 e. The highest BCUT2D eigenvalue weighted by Crippen LogP contribution is 2.30. The van der Waals surface area contributed by atoms with Crippen LogP contribution >= 0.6 is 0 Å². The number of likely N-dealkylation sites (N-methyl/N-ethyl adjacent to an activating group) is 1. The molecule has 4 heteroatoms. The van der Waals surface area contributed by atoms with Crippen LogP contribution in [0.25, 0.3) is 22.0 Å². The Balaban J connectivity index is 2.12. The van der Waals surface area contributed by atoms with E-state index in [0.29, 0.717) is 6.54 Å². The van der Waals surface area contributed by atoms with E-state index in [1.807, 2.05) is 49.1 Å². The van der Waals surface area contributed by atoms with Crippen LogP contribution in [-0.2, 0) is 4.79 Å². The number of aromatic nitrogens is 1. The highest BCUT2D eigenvalue weighted by atomic mass is 16.2. The Labute approximate surface area is 142 Å². The summed E-state index contributed by atoms with van der Waals surface area (Å²) >= 11 is 0. The number of carbonyl (C=O) groups is 1. The average molecular weight is 321 g/mol. The van der Waals surface area contributed by atoms with Gasteiger partial charge in [-0.3, -0.25) is 9.47 Å². The van der Waals surface area contributed by atoms with E-state index in [4.69, 9.17) is 0 Å². The second-order valence-electron chi connectivity index (χ2n) is 6.22. The number of nitrogens with zero attached hydrogens (tertiary/aromatic N) is 3. The third kappa shape index (κ3) is 3.19. The Bertz CT molecular complexity index is 836. The van der Waals surface area contributed by atoms with Crippen molar-refractivity contribution in [1.82, 2.24) is 9.58 Å². The van der Waals surface area contributed by atoms with Crippen molar-refractivity contribution < 1.29 is 4.79 Å². The summed E-state index contributed by atoms with van der Waals surface area (Å²) in [6, 6.07) is 18.5. The molecule has 0 aliphatic rings. The summed E-state index contributed by atoms with van der Waals surface area (Å²) in [7, 11) is 4.03. The van der Waals surface area contributed by atoms with Crippen LogP contribution in [0, 0.1) is 0 Å². The zero-order valence-electron chi connectivity index (χ0n) is 14.4. The molecule has 3 rings (SSSR count). The largest absolute Gasteiger partial charge is 0.308 e. The van der Waals surface area contributed by atoms with Crippen molar-refractivity contribution in [3.63, 3.8) is 0 Å². The van der Waals surface area contributed by atoms with Crippen LogP contribution in [0.3, 0.4) is 0 Å². The molecule has 1 aromatic heterocycles. The summed E-state index contributed by atoms with van der Waals surface area (Å²) in [5.74, 6) is 0.0391. The molecule has 0 N–H and O–H groups in total. The first-order valence-corrected chi connectivity index (χ1v) is 8.16. The Morgan fingerprint density at radius 3 is 2.29 bits per heavy atom. The Kier molecular flexibility index (Phi) is 4.67. The minimum Gasteiger partial charge on any atom is -0.308 e. The smallest absolute Gasteiger partial charge is 0.238 e. The minimum absolute atomic E-state index is 0.0391. The van der Waals surface area contributed by atoms with Gasteiger partial charge in [-0.25, -0.2) is 5.01 Å². The molecule has 0 aliphatic heterocycles. The third-order valence-electron chi connectivity index (χ3n) is 4.16. The molecule has 0 bridgehead atoms. The predicted octanol–water partition coefficient (Wildman–Crippen LogP) is 3.35. The van der Waals surface area contributed by atoms with E-state index in [0.717, 1.165) is 28.6 Å². The molecule has 1 amide bonds. The van der Waals surface area contributed by atoms with Gasteiger partial charge in [0.15, 0.2) is 0 Å². The number of hydrogen-bond donors (Lipinski definition) is 0. The number of amides is 1. The van der Waals surface area contributed by atoms with Crippen molar-refractivity contribution in [1.29, 1.82) is 0 Å². The molecular weight excluding hydrogens is 298 g/mol. The summed E-state index contributed by atoms with van der Waals surface area (Å²) in [6.45, 7) is 3.08. The predicted molar refractivity (Wildman–Crippen MR) is 99.7 cm³/mol. The zero-order chi connectivity index (χ0) is 17.1. The molecule has 3 aromatic rings. The van der Waals surface area contributed by atoms with Crippen molar-refractivity contribution in [3.05, 3.63) is 60.8 Å². The molecule has 2 aromatic carbocycles. The molecule has 0 spiro atoms. The molecular formula is C20H23N3O. The summed E-state index contributed by atoms with van der Waals surface area (Å²) < 4.78 is 1.99. The van der Waals surface area contributed by atoms with Gasteiger partial charge in [0.1, 0.15) is 0 Å². The van der Waals surface area contributed by atoms with E-state index < -0.39 is 0 Å². The first-order chi connectivity index (χ1) is 11.6. The number of hydrogen-bond acceptors (Lipinski definition) is 2. The second kappa shape index (κ2) is 6.89. The lowest BCUT2D eigenvalue weighted by molar-refractivity contribution is -0.118. The summed E-state index contributed by atoms with van der Waals surface area (Å²) in [4.78, 5) is 14.3. The maximum atomic E-state index is 12.2. The maximum absolute atomic E-state index is 12.2. The fourth-order valence-electron chi connectivity index (χ4n) is 2.92. The van der Waals surface area contributed by atoms with Crippen molar-refractivity contribution >= 4 is 16.8 Å². The monoisotopic (exact) mass is 321 g/mol. The fourth-order valence-corrected chi connectivity index (χ4v) is 2.92. The lowest BCUT2D eigenvalue weighted by Crippen LogP contribution is -2.42. The molecule has 24 heavy (non-hydrogen) atoms. The van der Waals surface area contributed by atoms with Crippen LogP contribution in [0.4, 0.5) is 0 Å². The van der Waals surface area contributed by atoms with Crippen LogP contribution in [0.5, 0.6) is 0 Å². The van der Waals surface area contributed by atoms with Crippen molar-refractivity contribution in [2.75, 3.05) is 32.2 Å². The summed E-state index contributed by atoms with van der Waals surface area (Å²) in [5, 5.41) is 2.95. The van der Waals surface area contributed by atoms with Gasteiger partial charge in [-0.05, 0) is 25.7 Å². The quantitative estimate of drug-likeness (QED) is 0.721. The molecule has 0 fully saturated rings. The van der Waals surface area contributed by atoms with Gasteiger partial charge in [-0.2, -0.15) is 0 Å². The van der Waals surface area contributed by atoms with E-state index in [9.17, 15) is 4.79 Å². The van der Waals surface area contributed by atoms with E-state index >= 15 is 0 Å². The highest BCUT2D eigenvalue weighted by molar-refractivity contribution is 5.98. The first-order valence-electron chi connectivity index (χ1n) is 8.16. The lowest BCUT2D eigenvalue weighted by atomic mass is 10.1. The van der Waals surface area contributed by atoms with Crippen LogP contribution < -0.4 is 5.01 Å². The van der Waals surface area contributed by atoms with Crippen LogP contribution in [0.15, 0.2) is 60.8 Å². The van der Waals surface area contributed by atoms with E-state index in [2.05, 4.69) is 35.4 Å². The molecule has 1 heterocycles. The van der Waals surface area contributed by atoms with Crippen molar-refractivity contribution in [2.45, 2.75) is 6.92 Å². The van der Waals surface area contributed by atoms with Gasteiger partial charge in [0.05, 0.1) is 12.1 Å². The number of rotatable bonds is 5. The van der Waals surface area contributed by atoms with E-state index in [1.165, 1.54) is 0 Å². The highest BCUT2D eigenvalue weighted by Gasteiger charge is 2.17. The average Bonchev–Trinajstić information content (AvgIpc) is 2.95. The molecule has 0 radical (unpaired) electrons. The van der Waals surface area contributed by atoms with Crippen molar-refractivity contribution in [3.8, 4) is 11.1 Å². The van der Waals surface area contributed by atoms with Gasteiger partial charge >= 0.3 is 0 Å². The van der Waals surface area contributed by atoms with Crippen LogP contribution in [0.2, 0.25) is 0 Å². The Morgan fingerprint density at radius 2 is 1.62 bits per heavy atom. The van der Waals surface area contributed by atoms with Crippen LogP contribution in [-0.4, -0.2) is 42.7 Å². The summed E-state index contributed by atoms with van der Waals surface area (Å²) in [5.41, 5.74) is 3.34. The van der Waals surface area contributed by atoms with Gasteiger partial charge in [0, 0.05) is 30.6 Å². The zero-order valence-corrected chi connectivity index (χ0v) is 14.4. The Hall–Kier alpha value is -2.59. The molecule has 4 nitrogen and oxygen atoms in total. The SMILES string of the molecule is CC(=O)N(CCN(C)C)n1cc(-c2ccccc2)c2ccccc21. The molecule has 0 unspecified atom stereocenters. The van der Waals surface area contributed by atoms with Gasteiger partial charge in [-0.1, -0.05) is 48.5 Å². The van der Waals surface area contributed by atoms with Crippen LogP contribution in [0.1, 0.15) is 6.92 Å². The summed E-state index contributed by atoms with van der Waals surface area (Å²) in [6.07, 6.45) is 2.07. The third-order valence-corrected chi connectivity index (χ3v) is 4.16. The van der Waals surface area contributed by atoms with Crippen molar-refractivity contribution in [2.24, 2.45) is 0 Å². The molecule has 0 saturated heterocycles.